The molecule has 0 unspecified atom stereocenters. The zero-order valence-electron chi connectivity index (χ0n) is 12.5. The molecule has 1 N–H and O–H groups in total. The number of nitrogens with one attached hydrogen (secondary N) is 1. The van der Waals surface area contributed by atoms with Gasteiger partial charge in [-0.25, -0.2) is 14.8 Å². The van der Waals surface area contributed by atoms with Crippen LogP contribution in [0.3, 0.4) is 0 Å². The molecule has 0 atom stereocenters. The van der Waals surface area contributed by atoms with Gasteiger partial charge >= 0.3 is 0 Å². The van der Waals surface area contributed by atoms with E-state index in [-0.39, 0.29) is 5.56 Å². The van der Waals surface area contributed by atoms with E-state index in [0.29, 0.717) is 10.9 Å². The van der Waals surface area contributed by atoms with Gasteiger partial charge in [-0.05, 0) is 49.0 Å². The Morgan fingerprint density at radius 2 is 2.29 bits per heavy atom. The number of carbonyl (C=O) groups is 1. The second-order valence-corrected chi connectivity index (χ2v) is 6.83. The highest BCUT2D eigenvalue weighted by atomic mass is 32.2. The number of thiazole rings is 1. The van der Waals surface area contributed by atoms with Gasteiger partial charge in [0.1, 0.15) is 11.6 Å². The average Bonchev–Trinajstić information content (AvgIpc) is 3.17. The predicted octanol–water partition coefficient (Wildman–Crippen LogP) is 4.10. The second kappa shape index (κ2) is 7.41. The highest BCUT2D eigenvalue weighted by Crippen LogP contribution is 2.31. The third-order valence-corrected chi connectivity index (χ3v) is 4.81. The van der Waals surface area contributed by atoms with Crippen molar-refractivity contribution in [1.82, 2.24) is 10.4 Å². The maximum absolute atomic E-state index is 13.1. The van der Waals surface area contributed by atoms with Gasteiger partial charge in [-0.3, -0.25) is 4.79 Å². The highest BCUT2D eigenvalue weighted by Gasteiger charge is 2.07. The summed E-state index contributed by atoms with van der Waals surface area (Å²) in [7, 11) is 0. The fourth-order valence-corrected chi connectivity index (χ4v) is 3.51. The van der Waals surface area contributed by atoms with Gasteiger partial charge in [-0.1, -0.05) is 6.07 Å². The van der Waals surface area contributed by atoms with E-state index in [1.807, 2.05) is 12.3 Å². The number of hydrogen-bond donors (Lipinski definition) is 1. The van der Waals surface area contributed by atoms with Crippen LogP contribution in [0.15, 0.2) is 60.7 Å². The Balaban J connectivity index is 1.58. The van der Waals surface area contributed by atoms with Crippen LogP contribution in [0.4, 0.5) is 4.39 Å². The summed E-state index contributed by atoms with van der Waals surface area (Å²) in [6, 6.07) is 8.92. The molecule has 122 valence electrons. The number of hydrazone groups is 1. The van der Waals surface area contributed by atoms with Gasteiger partial charge in [-0.15, -0.1) is 11.3 Å². The molecule has 0 spiro atoms. The van der Waals surface area contributed by atoms with E-state index in [0.717, 1.165) is 16.1 Å². The summed E-state index contributed by atoms with van der Waals surface area (Å²) in [4.78, 5) is 16.1. The maximum Gasteiger partial charge on any atom is 0.271 e. The summed E-state index contributed by atoms with van der Waals surface area (Å²) in [5.41, 5.74) is 3.49. The molecule has 0 saturated carbocycles. The molecule has 0 saturated heterocycles. The molecule has 5 nitrogen and oxygen atoms in total. The first-order chi connectivity index (χ1) is 11.6. The number of carbonyl (C=O) groups excluding carboxylic acids is 1. The molecule has 0 radical (unpaired) electrons. The van der Waals surface area contributed by atoms with E-state index in [9.17, 15) is 9.18 Å². The molecule has 0 aliphatic carbocycles. The van der Waals surface area contributed by atoms with Gasteiger partial charge in [-0.2, -0.15) is 5.10 Å². The van der Waals surface area contributed by atoms with Crippen molar-refractivity contribution in [2.75, 3.05) is 0 Å². The first-order valence-corrected chi connectivity index (χ1v) is 8.58. The molecule has 3 aromatic rings. The zero-order chi connectivity index (χ0) is 16.9. The molecule has 0 aliphatic heterocycles. The average molecular weight is 361 g/mol. The van der Waals surface area contributed by atoms with Crippen molar-refractivity contribution >= 4 is 35.2 Å². The molecule has 3 rings (SSSR count). The van der Waals surface area contributed by atoms with Crippen LogP contribution in [-0.4, -0.2) is 17.1 Å². The second-order valence-electron chi connectivity index (χ2n) is 4.72. The molecule has 1 aromatic carbocycles. The van der Waals surface area contributed by atoms with Crippen LogP contribution in [0.25, 0.3) is 0 Å². The fraction of sp³-hybridized carbons (Fsp3) is 0.0625. The van der Waals surface area contributed by atoms with Gasteiger partial charge < -0.3 is 4.42 Å². The van der Waals surface area contributed by atoms with Crippen molar-refractivity contribution in [2.45, 2.75) is 16.4 Å². The Bertz CT molecular complexity index is 889. The quantitative estimate of drug-likeness (QED) is 0.549. The molecule has 0 aliphatic rings. The van der Waals surface area contributed by atoms with Gasteiger partial charge in [0, 0.05) is 16.6 Å². The number of aromatic nitrogens is 1. The highest BCUT2D eigenvalue weighted by molar-refractivity contribution is 8.00. The number of rotatable bonds is 5. The third kappa shape index (κ3) is 4.30. The molecule has 2 aromatic heterocycles. The molecule has 24 heavy (non-hydrogen) atoms. The summed E-state index contributed by atoms with van der Waals surface area (Å²) < 4.78 is 19.5. The van der Waals surface area contributed by atoms with E-state index < -0.39 is 11.7 Å². The molecular formula is C16H12FN3O2S2. The Morgan fingerprint density at radius 1 is 1.42 bits per heavy atom. The normalized spacial score (nSPS) is 11.1. The smallest absolute Gasteiger partial charge is 0.271 e. The Morgan fingerprint density at radius 3 is 3.04 bits per heavy atom. The number of amides is 1. The van der Waals surface area contributed by atoms with Crippen molar-refractivity contribution in [3.8, 4) is 0 Å². The van der Waals surface area contributed by atoms with Crippen LogP contribution in [0.2, 0.25) is 0 Å². The van der Waals surface area contributed by atoms with Crippen molar-refractivity contribution in [1.29, 1.82) is 0 Å². The minimum Gasteiger partial charge on any atom is -0.448 e. The van der Waals surface area contributed by atoms with Gasteiger partial charge in [0.05, 0.1) is 6.21 Å². The van der Waals surface area contributed by atoms with Gasteiger partial charge in [0.15, 0.2) is 9.43 Å². The molecular weight excluding hydrogens is 349 g/mol. The predicted molar refractivity (Wildman–Crippen MR) is 91.1 cm³/mol. The SMILES string of the molecule is Cc1csc(Sc2ccc(/C=N/NC(=O)c3cccc(F)c3)o2)n1. The van der Waals surface area contributed by atoms with Crippen LogP contribution in [-0.2, 0) is 0 Å². The van der Waals surface area contributed by atoms with Crippen molar-refractivity contribution < 1.29 is 13.6 Å². The van der Waals surface area contributed by atoms with Crippen LogP contribution < -0.4 is 5.43 Å². The van der Waals surface area contributed by atoms with Crippen LogP contribution in [0, 0.1) is 12.7 Å². The van der Waals surface area contributed by atoms with Crippen LogP contribution >= 0.6 is 23.1 Å². The number of benzene rings is 1. The van der Waals surface area contributed by atoms with E-state index in [2.05, 4.69) is 15.5 Å². The Kier molecular flexibility index (Phi) is 5.07. The first-order valence-electron chi connectivity index (χ1n) is 6.89. The Labute approximate surface area is 145 Å². The van der Waals surface area contributed by atoms with E-state index in [4.69, 9.17) is 4.42 Å². The maximum atomic E-state index is 13.1. The summed E-state index contributed by atoms with van der Waals surface area (Å²) in [5.74, 6) is -0.479. The fourth-order valence-electron chi connectivity index (χ4n) is 1.77. The molecule has 2 heterocycles. The van der Waals surface area contributed by atoms with E-state index in [1.54, 1.807) is 23.5 Å². The van der Waals surface area contributed by atoms with Crippen molar-refractivity contribution in [3.63, 3.8) is 0 Å². The van der Waals surface area contributed by atoms with Crippen molar-refractivity contribution in [3.05, 3.63) is 64.6 Å². The largest absolute Gasteiger partial charge is 0.448 e. The minimum absolute atomic E-state index is 0.196. The van der Waals surface area contributed by atoms with Gasteiger partial charge in [0.2, 0.25) is 0 Å². The lowest BCUT2D eigenvalue weighted by Crippen LogP contribution is -2.17. The topological polar surface area (TPSA) is 67.5 Å². The first kappa shape index (κ1) is 16.4. The minimum atomic E-state index is -0.495. The lowest BCUT2D eigenvalue weighted by Gasteiger charge is -1.98. The summed E-state index contributed by atoms with van der Waals surface area (Å²) in [6.45, 7) is 1.93. The van der Waals surface area contributed by atoms with E-state index >= 15 is 0 Å². The summed E-state index contributed by atoms with van der Waals surface area (Å²) in [5, 5.41) is 6.46. The standard InChI is InChI=1S/C16H12FN3O2S2/c1-10-9-23-16(19-10)24-14-6-5-13(22-14)8-18-20-15(21)11-3-2-4-12(17)7-11/h2-9H,1H3,(H,20,21)/b18-8+. The molecule has 8 heteroatoms. The molecule has 1 amide bonds. The number of aryl methyl sites for hydroxylation is 1. The summed E-state index contributed by atoms with van der Waals surface area (Å²) in [6.07, 6.45) is 1.38. The number of furan rings is 1. The number of hydrogen-bond acceptors (Lipinski definition) is 6. The molecule has 0 bridgehead atoms. The Hall–Kier alpha value is -2.45. The number of halogens is 1. The summed E-state index contributed by atoms with van der Waals surface area (Å²) >= 11 is 2.96. The number of nitrogens with zero attached hydrogens (tertiary/aromatic N) is 2. The monoisotopic (exact) mass is 361 g/mol. The third-order valence-electron chi connectivity index (χ3n) is 2.83. The van der Waals surface area contributed by atoms with Crippen molar-refractivity contribution in [2.24, 2.45) is 5.10 Å². The lowest BCUT2D eigenvalue weighted by atomic mass is 10.2. The van der Waals surface area contributed by atoms with Gasteiger partial charge in [0.25, 0.3) is 5.91 Å². The van der Waals surface area contributed by atoms with E-state index in [1.165, 1.54) is 36.2 Å². The van der Waals surface area contributed by atoms with Crippen LogP contribution in [0.5, 0.6) is 0 Å². The molecule has 0 fully saturated rings. The zero-order valence-corrected chi connectivity index (χ0v) is 14.2. The van der Waals surface area contributed by atoms with Crippen LogP contribution in [0.1, 0.15) is 21.8 Å². The lowest BCUT2D eigenvalue weighted by molar-refractivity contribution is 0.0954.